The molecule has 4 saturated heterocycles. The number of hydrogen-bond acceptors (Lipinski definition) is 6. The van der Waals surface area contributed by atoms with Gasteiger partial charge in [-0.05, 0) is 49.4 Å². The van der Waals surface area contributed by atoms with Crippen LogP contribution in [0, 0.1) is 22.6 Å². The summed E-state index contributed by atoms with van der Waals surface area (Å²) >= 11 is 1.42. The zero-order valence-corrected chi connectivity index (χ0v) is 16.1. The molecule has 5 nitrogen and oxygen atoms in total. The molecule has 4 aliphatic rings. The van der Waals surface area contributed by atoms with Gasteiger partial charge in [0.25, 0.3) is 0 Å². The molecule has 27 heavy (non-hydrogen) atoms. The highest BCUT2D eigenvalue weighted by molar-refractivity contribution is 7.97. The van der Waals surface area contributed by atoms with E-state index < -0.39 is 0 Å². The van der Waals surface area contributed by atoms with Crippen molar-refractivity contribution in [2.75, 3.05) is 46.0 Å². The zero-order chi connectivity index (χ0) is 18.5. The van der Waals surface area contributed by atoms with E-state index in [1.165, 1.54) is 24.1 Å². The van der Waals surface area contributed by atoms with Gasteiger partial charge >= 0.3 is 0 Å². The molecule has 0 amide bonds. The summed E-state index contributed by atoms with van der Waals surface area (Å²) in [4.78, 5) is 3.10. The van der Waals surface area contributed by atoms with Gasteiger partial charge in [0.15, 0.2) is 0 Å². The van der Waals surface area contributed by atoms with Crippen LogP contribution in [0.25, 0.3) is 0 Å². The Morgan fingerprint density at radius 2 is 2.00 bits per heavy atom. The molecule has 5 rings (SSSR count). The third kappa shape index (κ3) is 3.28. The minimum absolute atomic E-state index is 0.00631. The average molecular weight is 389 g/mol. The summed E-state index contributed by atoms with van der Waals surface area (Å²) < 4.78 is 27.9. The summed E-state index contributed by atoms with van der Waals surface area (Å²) in [5.74, 6) is -0.261. The molecule has 4 fully saturated rings. The number of halogens is 1. The van der Waals surface area contributed by atoms with Crippen LogP contribution in [0.2, 0.25) is 0 Å². The predicted molar refractivity (Wildman–Crippen MR) is 99.7 cm³/mol. The number of ether oxygens (including phenoxy) is 2. The first kappa shape index (κ1) is 17.9. The van der Waals surface area contributed by atoms with E-state index in [4.69, 9.17) is 14.7 Å². The van der Waals surface area contributed by atoms with E-state index >= 15 is 0 Å². The van der Waals surface area contributed by atoms with Crippen LogP contribution in [0.15, 0.2) is 23.1 Å². The van der Waals surface area contributed by atoms with Gasteiger partial charge in [-0.2, -0.15) is 5.26 Å². The molecule has 0 saturated carbocycles. The number of piperidine rings is 1. The Morgan fingerprint density at radius 1 is 1.22 bits per heavy atom. The van der Waals surface area contributed by atoms with Crippen molar-refractivity contribution in [3.05, 3.63) is 29.6 Å². The highest BCUT2D eigenvalue weighted by Gasteiger charge is 2.54. The van der Waals surface area contributed by atoms with Crippen LogP contribution in [-0.2, 0) is 9.47 Å². The Labute approximate surface area is 163 Å². The van der Waals surface area contributed by atoms with E-state index in [9.17, 15) is 4.39 Å². The fraction of sp³-hybridized carbons (Fsp3) is 0.650. The maximum absolute atomic E-state index is 14.0. The number of nitriles is 1. The Hall–Kier alpha value is -1.17. The van der Waals surface area contributed by atoms with Crippen molar-refractivity contribution >= 4 is 11.9 Å². The monoisotopic (exact) mass is 389 g/mol. The first-order chi connectivity index (χ1) is 13.1. The number of nitrogens with zero attached hydrogens (tertiary/aromatic N) is 3. The molecular formula is C20H24FN3O2S. The molecule has 7 heteroatoms. The lowest BCUT2D eigenvalue weighted by Crippen LogP contribution is -2.68. The minimum atomic E-state index is -0.261. The van der Waals surface area contributed by atoms with E-state index in [0.717, 1.165) is 65.3 Å². The summed E-state index contributed by atoms with van der Waals surface area (Å²) in [5.41, 5.74) is 0.948. The van der Waals surface area contributed by atoms with E-state index in [0.29, 0.717) is 21.9 Å². The standard InChI is InChI=1S/C20H24FN3O2S/c21-17-2-1-15(9-22)7-18(17)27-24-5-3-20(4-6-24)8-16(10-26-20)23-11-19(12-23)13-25-14-19/h1-2,7,16H,3-6,8,10-14H2. The van der Waals surface area contributed by atoms with Crippen molar-refractivity contribution < 1.29 is 13.9 Å². The fourth-order valence-electron chi connectivity index (χ4n) is 4.82. The second-order valence-corrected chi connectivity index (χ2v) is 9.67. The molecule has 144 valence electrons. The molecule has 0 radical (unpaired) electrons. The van der Waals surface area contributed by atoms with Gasteiger partial charge in [-0.3, -0.25) is 4.90 Å². The number of hydrogen-bond donors (Lipinski definition) is 0. The molecule has 1 unspecified atom stereocenters. The molecular weight excluding hydrogens is 365 g/mol. The van der Waals surface area contributed by atoms with Crippen LogP contribution in [0.1, 0.15) is 24.8 Å². The zero-order valence-electron chi connectivity index (χ0n) is 15.3. The summed E-state index contributed by atoms with van der Waals surface area (Å²) in [7, 11) is 0. The van der Waals surface area contributed by atoms with Crippen molar-refractivity contribution in [1.82, 2.24) is 9.21 Å². The highest BCUT2D eigenvalue weighted by Crippen LogP contribution is 2.45. The molecule has 1 aromatic carbocycles. The van der Waals surface area contributed by atoms with Gasteiger partial charge in [-0.1, -0.05) is 0 Å². The fourth-order valence-corrected chi connectivity index (χ4v) is 5.80. The van der Waals surface area contributed by atoms with Gasteiger partial charge in [-0.25, -0.2) is 8.70 Å². The second kappa shape index (κ2) is 6.71. The van der Waals surface area contributed by atoms with Crippen molar-refractivity contribution in [2.45, 2.75) is 35.8 Å². The molecule has 0 N–H and O–H groups in total. The third-order valence-electron chi connectivity index (χ3n) is 6.52. The smallest absolute Gasteiger partial charge is 0.138 e. The maximum atomic E-state index is 14.0. The van der Waals surface area contributed by atoms with Crippen molar-refractivity contribution in [2.24, 2.45) is 5.41 Å². The summed E-state index contributed by atoms with van der Waals surface area (Å²) in [6.45, 7) is 6.77. The third-order valence-corrected chi connectivity index (χ3v) is 7.65. The van der Waals surface area contributed by atoms with Gasteiger partial charge in [0.05, 0.1) is 41.9 Å². The molecule has 1 aromatic rings. The van der Waals surface area contributed by atoms with Gasteiger partial charge in [0.1, 0.15) is 5.82 Å². The number of rotatable bonds is 3. The second-order valence-electron chi connectivity index (χ2n) is 8.53. The first-order valence-corrected chi connectivity index (χ1v) is 10.4. The highest BCUT2D eigenvalue weighted by atomic mass is 32.2. The van der Waals surface area contributed by atoms with Crippen LogP contribution < -0.4 is 0 Å². The van der Waals surface area contributed by atoms with Crippen LogP contribution in [-0.4, -0.2) is 66.8 Å². The normalized spacial score (nSPS) is 29.4. The molecule has 0 aliphatic carbocycles. The molecule has 0 aromatic heterocycles. The Morgan fingerprint density at radius 3 is 2.67 bits per heavy atom. The lowest BCUT2D eigenvalue weighted by atomic mass is 9.76. The van der Waals surface area contributed by atoms with E-state index in [1.54, 1.807) is 6.07 Å². The van der Waals surface area contributed by atoms with E-state index in [2.05, 4.69) is 15.3 Å². The minimum Gasteiger partial charge on any atom is -0.380 e. The van der Waals surface area contributed by atoms with Gasteiger partial charge < -0.3 is 9.47 Å². The molecule has 1 atom stereocenters. The van der Waals surface area contributed by atoms with Crippen molar-refractivity contribution in [3.63, 3.8) is 0 Å². The topological polar surface area (TPSA) is 48.7 Å². The largest absolute Gasteiger partial charge is 0.380 e. The van der Waals surface area contributed by atoms with Gasteiger partial charge in [0.2, 0.25) is 0 Å². The van der Waals surface area contributed by atoms with E-state index in [-0.39, 0.29) is 11.4 Å². The molecule has 2 spiro atoms. The quantitative estimate of drug-likeness (QED) is 0.741. The first-order valence-electron chi connectivity index (χ1n) is 9.67. The molecule has 4 aliphatic heterocycles. The van der Waals surface area contributed by atoms with Crippen LogP contribution in [0.4, 0.5) is 4.39 Å². The summed E-state index contributed by atoms with van der Waals surface area (Å²) in [6.07, 6.45) is 3.08. The average Bonchev–Trinajstić information content (AvgIpc) is 3.00. The molecule has 0 bridgehead atoms. The number of benzene rings is 1. The Kier molecular flexibility index (Phi) is 4.45. The van der Waals surface area contributed by atoms with Crippen molar-refractivity contribution in [3.8, 4) is 6.07 Å². The van der Waals surface area contributed by atoms with Gasteiger partial charge in [0, 0.05) is 37.6 Å². The maximum Gasteiger partial charge on any atom is 0.138 e. The lowest BCUT2D eigenvalue weighted by Gasteiger charge is -2.57. The van der Waals surface area contributed by atoms with Crippen LogP contribution in [0.3, 0.4) is 0 Å². The molecule has 4 heterocycles. The number of likely N-dealkylation sites (tertiary alicyclic amines) is 1. The Bertz CT molecular complexity index is 763. The van der Waals surface area contributed by atoms with Gasteiger partial charge in [-0.15, -0.1) is 0 Å². The summed E-state index contributed by atoms with van der Waals surface area (Å²) in [5, 5.41) is 9.02. The van der Waals surface area contributed by atoms with E-state index in [1.807, 2.05) is 0 Å². The predicted octanol–water partition coefficient (Wildman–Crippen LogP) is 2.66. The van der Waals surface area contributed by atoms with Crippen molar-refractivity contribution in [1.29, 1.82) is 5.26 Å². The van der Waals surface area contributed by atoms with Crippen LogP contribution >= 0.6 is 11.9 Å². The lowest BCUT2D eigenvalue weighted by molar-refractivity contribution is -0.197. The Balaban J connectivity index is 1.15. The SMILES string of the molecule is N#Cc1ccc(F)c(SN2CCC3(CC2)CC(N2CC4(COC4)C2)CO3)c1. The van der Waals surface area contributed by atoms with Crippen LogP contribution in [0.5, 0.6) is 0 Å². The summed E-state index contributed by atoms with van der Waals surface area (Å²) in [6, 6.07) is 7.16.